The van der Waals surface area contributed by atoms with Crippen molar-refractivity contribution in [2.24, 2.45) is 0 Å². The van der Waals surface area contributed by atoms with Crippen molar-refractivity contribution in [3.63, 3.8) is 0 Å². The number of carbonyl (C=O) groups is 2. The van der Waals surface area contributed by atoms with Crippen molar-refractivity contribution >= 4 is 35.1 Å². The van der Waals surface area contributed by atoms with E-state index in [0.29, 0.717) is 11.3 Å². The van der Waals surface area contributed by atoms with Crippen molar-refractivity contribution in [3.05, 3.63) is 88.2 Å². The molecule has 178 valence electrons. The maximum Gasteiger partial charge on any atom is 0.341 e. The number of aliphatic carboxylic acids is 1. The highest BCUT2D eigenvalue weighted by Gasteiger charge is 2.19. The third-order valence-electron chi connectivity index (χ3n) is 4.57. The minimum absolute atomic E-state index is 0.00569. The number of hydrogen-bond acceptors (Lipinski definition) is 7. The Kier molecular flexibility index (Phi) is 7.49. The Bertz CT molecular complexity index is 1320. The number of nitrogens with zero attached hydrogens (tertiary/aromatic N) is 2. The number of rotatable bonds is 9. The molecule has 0 fully saturated rings. The molecule has 1 aromatic heterocycles. The molecule has 2 N–H and O–H groups in total. The molecule has 0 radical (unpaired) electrons. The normalized spacial score (nSPS) is 10.6. The molecule has 35 heavy (non-hydrogen) atoms. The van der Waals surface area contributed by atoms with E-state index in [1.165, 1.54) is 12.1 Å². The van der Waals surface area contributed by atoms with Crippen LogP contribution < -0.4 is 14.8 Å². The first-order valence-corrected chi connectivity index (χ1v) is 10.9. The molecular weight excluding hydrogens is 497 g/mol. The zero-order valence-corrected chi connectivity index (χ0v) is 19.4. The van der Waals surface area contributed by atoms with Crippen LogP contribution in [0.5, 0.6) is 17.2 Å². The molecular formula is C24H17Cl2N3O6. The van der Waals surface area contributed by atoms with E-state index in [1.807, 2.05) is 42.5 Å². The Morgan fingerprint density at radius 2 is 1.63 bits per heavy atom. The van der Waals surface area contributed by atoms with Crippen LogP contribution in [0.4, 0.5) is 0 Å². The van der Waals surface area contributed by atoms with Crippen molar-refractivity contribution in [2.45, 2.75) is 6.54 Å². The minimum atomic E-state index is -1.18. The van der Waals surface area contributed by atoms with Crippen molar-refractivity contribution in [1.29, 1.82) is 0 Å². The lowest BCUT2D eigenvalue weighted by Gasteiger charge is -2.08. The van der Waals surface area contributed by atoms with Gasteiger partial charge in [-0.05, 0) is 42.0 Å². The summed E-state index contributed by atoms with van der Waals surface area (Å²) in [5.41, 5.74) is 1.18. The average molecular weight is 514 g/mol. The first-order chi connectivity index (χ1) is 16.9. The molecule has 0 atom stereocenters. The number of benzene rings is 3. The van der Waals surface area contributed by atoms with Gasteiger partial charge in [0.2, 0.25) is 0 Å². The van der Waals surface area contributed by atoms with Crippen LogP contribution in [-0.2, 0) is 11.3 Å². The largest absolute Gasteiger partial charge is 0.479 e. The van der Waals surface area contributed by atoms with Crippen LogP contribution in [0.25, 0.3) is 11.5 Å². The first kappa shape index (κ1) is 24.1. The number of nitrogens with one attached hydrogen (secondary N) is 1. The lowest BCUT2D eigenvalue weighted by atomic mass is 10.2. The van der Waals surface area contributed by atoms with Crippen LogP contribution in [-0.4, -0.2) is 33.7 Å². The molecule has 9 nitrogen and oxygen atoms in total. The summed E-state index contributed by atoms with van der Waals surface area (Å²) < 4.78 is 16.0. The molecule has 0 saturated heterocycles. The Hall–Kier alpha value is -4.08. The van der Waals surface area contributed by atoms with Gasteiger partial charge in [-0.3, -0.25) is 4.79 Å². The summed E-state index contributed by atoms with van der Waals surface area (Å²) in [6.45, 7) is -0.367. The van der Waals surface area contributed by atoms with Crippen molar-refractivity contribution < 1.29 is 28.7 Å². The predicted molar refractivity (Wildman–Crippen MR) is 127 cm³/mol. The topological polar surface area (TPSA) is 124 Å². The number of aromatic nitrogens is 2. The summed E-state index contributed by atoms with van der Waals surface area (Å²) in [4.78, 5) is 27.2. The Balaban J connectivity index is 1.36. The lowest BCUT2D eigenvalue weighted by Crippen LogP contribution is -2.23. The number of halogens is 2. The van der Waals surface area contributed by atoms with Gasteiger partial charge in [-0.2, -0.15) is 4.98 Å². The molecule has 1 amide bonds. The van der Waals surface area contributed by atoms with Gasteiger partial charge in [0.15, 0.2) is 12.4 Å². The van der Waals surface area contributed by atoms with Crippen molar-refractivity contribution in [1.82, 2.24) is 15.5 Å². The fraction of sp³-hybridized carbons (Fsp3) is 0.0833. The molecule has 0 bridgehead atoms. The second-order valence-electron chi connectivity index (χ2n) is 7.12. The lowest BCUT2D eigenvalue weighted by molar-refractivity contribution is -0.139. The van der Waals surface area contributed by atoms with E-state index >= 15 is 0 Å². The van der Waals surface area contributed by atoms with Gasteiger partial charge in [-0.25, -0.2) is 4.79 Å². The fourth-order valence-electron chi connectivity index (χ4n) is 2.95. The Labute approximate surface area is 209 Å². The number of ether oxygens (including phenoxy) is 2. The smallest absolute Gasteiger partial charge is 0.341 e. The summed E-state index contributed by atoms with van der Waals surface area (Å²) in [6.07, 6.45) is 0. The second kappa shape index (κ2) is 10.9. The zero-order chi connectivity index (χ0) is 24.8. The molecule has 0 aliphatic heterocycles. The van der Waals surface area contributed by atoms with Gasteiger partial charge >= 0.3 is 5.97 Å². The molecule has 1 heterocycles. The quantitative estimate of drug-likeness (QED) is 0.311. The van der Waals surface area contributed by atoms with Crippen LogP contribution in [0.3, 0.4) is 0 Å². The average Bonchev–Trinajstić information content (AvgIpc) is 3.34. The maximum atomic E-state index is 12.5. The zero-order valence-electron chi connectivity index (χ0n) is 17.9. The molecule has 0 aliphatic rings. The highest BCUT2D eigenvalue weighted by atomic mass is 35.5. The molecule has 4 rings (SSSR count). The molecule has 0 unspecified atom stereocenters. The first-order valence-electron chi connectivity index (χ1n) is 10.2. The van der Waals surface area contributed by atoms with Crippen molar-refractivity contribution in [3.8, 4) is 28.7 Å². The van der Waals surface area contributed by atoms with E-state index in [0.717, 1.165) is 11.3 Å². The fourth-order valence-corrected chi connectivity index (χ4v) is 3.55. The number of hydrogen-bond donors (Lipinski definition) is 2. The van der Waals surface area contributed by atoms with Crippen LogP contribution in [0, 0.1) is 0 Å². The molecule has 0 aliphatic carbocycles. The highest BCUT2D eigenvalue weighted by molar-refractivity contribution is 6.37. The van der Waals surface area contributed by atoms with E-state index in [4.69, 9.17) is 42.3 Å². The van der Waals surface area contributed by atoms with Gasteiger partial charge in [-0.1, -0.05) is 58.7 Å². The predicted octanol–water partition coefficient (Wildman–Crippen LogP) is 5.23. The van der Waals surface area contributed by atoms with Gasteiger partial charge < -0.3 is 24.4 Å². The minimum Gasteiger partial charge on any atom is -0.479 e. The van der Waals surface area contributed by atoms with Gasteiger partial charge in [-0.15, -0.1) is 0 Å². The summed E-state index contributed by atoms with van der Waals surface area (Å²) in [7, 11) is 0. The molecule has 0 spiro atoms. The Morgan fingerprint density at radius 1 is 0.971 bits per heavy atom. The van der Waals surface area contributed by atoms with E-state index in [9.17, 15) is 9.59 Å². The van der Waals surface area contributed by atoms with Crippen molar-refractivity contribution in [2.75, 3.05) is 6.61 Å². The van der Waals surface area contributed by atoms with E-state index in [2.05, 4.69) is 15.5 Å². The van der Waals surface area contributed by atoms with Crippen LogP contribution in [0.1, 0.15) is 16.2 Å². The SMILES string of the molecule is O=C(O)COc1c(Cl)cc(-c2nc(C(=O)NCc3ccc(Oc4ccccc4)cc3)no2)cc1Cl. The number of para-hydroxylation sites is 1. The number of carboxylic acid groups (broad SMARTS) is 1. The number of carboxylic acids is 1. The number of amides is 1. The van der Waals surface area contributed by atoms with Crippen LogP contribution in [0.2, 0.25) is 10.0 Å². The van der Waals surface area contributed by atoms with Gasteiger partial charge in [0.1, 0.15) is 11.5 Å². The molecule has 0 saturated carbocycles. The van der Waals surface area contributed by atoms with E-state index in [-0.39, 0.29) is 34.1 Å². The highest BCUT2D eigenvalue weighted by Crippen LogP contribution is 2.37. The standard InChI is InChI=1S/C24H17Cl2N3O6/c25-18-10-15(11-19(26)21(18)33-13-20(30)31)24-28-22(29-35-24)23(32)27-12-14-6-8-17(9-7-14)34-16-4-2-1-3-5-16/h1-11H,12-13H2,(H,27,32)(H,30,31). The van der Waals surface area contributed by atoms with Crippen LogP contribution in [0.15, 0.2) is 71.3 Å². The summed E-state index contributed by atoms with van der Waals surface area (Å²) in [5, 5.41) is 15.3. The third-order valence-corrected chi connectivity index (χ3v) is 5.13. The van der Waals surface area contributed by atoms with Gasteiger partial charge in [0.05, 0.1) is 10.0 Å². The summed E-state index contributed by atoms with van der Waals surface area (Å²) >= 11 is 12.3. The third kappa shape index (κ3) is 6.28. The van der Waals surface area contributed by atoms with E-state index in [1.54, 1.807) is 12.1 Å². The van der Waals surface area contributed by atoms with Gasteiger partial charge in [0, 0.05) is 12.1 Å². The Morgan fingerprint density at radius 3 is 2.29 bits per heavy atom. The van der Waals surface area contributed by atoms with E-state index < -0.39 is 18.5 Å². The summed E-state index contributed by atoms with van der Waals surface area (Å²) in [6, 6.07) is 19.5. The summed E-state index contributed by atoms with van der Waals surface area (Å²) in [5.74, 6) is -0.475. The second-order valence-corrected chi connectivity index (χ2v) is 7.93. The molecule has 11 heteroatoms. The molecule has 3 aromatic carbocycles. The monoisotopic (exact) mass is 513 g/mol. The molecule has 4 aromatic rings. The maximum absolute atomic E-state index is 12.5. The number of carbonyl (C=O) groups excluding carboxylic acids is 1. The van der Waals surface area contributed by atoms with Crippen LogP contribution >= 0.6 is 23.2 Å². The van der Waals surface area contributed by atoms with Gasteiger partial charge in [0.25, 0.3) is 17.6 Å².